The molecule has 0 unspecified atom stereocenters. The highest BCUT2D eigenvalue weighted by molar-refractivity contribution is 5.84. The highest BCUT2D eigenvalue weighted by atomic mass is 16.3. The molecule has 0 amide bonds. The highest BCUT2D eigenvalue weighted by Gasteiger charge is 2.11. The van der Waals surface area contributed by atoms with Gasteiger partial charge in [0.15, 0.2) is 5.65 Å². The van der Waals surface area contributed by atoms with Gasteiger partial charge in [0, 0.05) is 29.1 Å². The van der Waals surface area contributed by atoms with Crippen LogP contribution in [0.15, 0.2) is 36.4 Å². The van der Waals surface area contributed by atoms with E-state index in [9.17, 15) is 5.11 Å². The molecule has 0 fully saturated rings. The summed E-state index contributed by atoms with van der Waals surface area (Å²) in [5, 5.41) is 25.5. The van der Waals surface area contributed by atoms with Crippen LogP contribution in [-0.2, 0) is 6.42 Å². The normalized spacial score (nSPS) is 12.8. The maximum Gasteiger partial charge on any atom is 0.247 e. The summed E-state index contributed by atoms with van der Waals surface area (Å²) in [5.41, 5.74) is 4.65. The molecule has 4 aromatic rings. The third kappa shape index (κ3) is 2.94. The molecule has 3 heterocycles. The van der Waals surface area contributed by atoms with Crippen molar-refractivity contribution in [1.82, 2.24) is 24.8 Å². The first-order valence-electron chi connectivity index (χ1n) is 8.31. The van der Waals surface area contributed by atoms with Crippen molar-refractivity contribution in [1.29, 1.82) is 0 Å². The topological polar surface area (TPSA) is 91.1 Å². The van der Waals surface area contributed by atoms with Crippen molar-refractivity contribution in [2.24, 2.45) is 5.92 Å². The number of H-pyrrole nitrogens is 1. The summed E-state index contributed by atoms with van der Waals surface area (Å²) in [4.78, 5) is 4.54. The molecule has 1 atom stereocenters. The van der Waals surface area contributed by atoms with Gasteiger partial charge < -0.3 is 10.4 Å². The van der Waals surface area contributed by atoms with Crippen molar-refractivity contribution in [3.05, 3.63) is 47.8 Å². The van der Waals surface area contributed by atoms with Gasteiger partial charge in [0.25, 0.3) is 0 Å². The van der Waals surface area contributed by atoms with Crippen LogP contribution in [0.5, 0.6) is 0 Å². The second-order valence-corrected chi connectivity index (χ2v) is 6.42. The van der Waals surface area contributed by atoms with Gasteiger partial charge in [-0.05, 0) is 49.6 Å². The van der Waals surface area contributed by atoms with Gasteiger partial charge >= 0.3 is 0 Å². The number of hydrogen-bond acceptors (Lipinski definition) is 5. The highest BCUT2D eigenvalue weighted by Crippen LogP contribution is 2.22. The summed E-state index contributed by atoms with van der Waals surface area (Å²) in [7, 11) is 0. The molecule has 0 aliphatic rings. The fourth-order valence-corrected chi connectivity index (χ4v) is 2.94. The van der Waals surface area contributed by atoms with Gasteiger partial charge in [0.2, 0.25) is 5.95 Å². The smallest absolute Gasteiger partial charge is 0.247 e. The summed E-state index contributed by atoms with van der Waals surface area (Å²) in [6.45, 7) is 4.16. The van der Waals surface area contributed by atoms with Crippen molar-refractivity contribution in [3.63, 3.8) is 0 Å². The van der Waals surface area contributed by atoms with Crippen molar-refractivity contribution in [2.75, 3.05) is 11.9 Å². The van der Waals surface area contributed by atoms with Crippen LogP contribution >= 0.6 is 0 Å². The van der Waals surface area contributed by atoms with E-state index in [4.69, 9.17) is 0 Å². The van der Waals surface area contributed by atoms with E-state index < -0.39 is 0 Å². The third-order valence-electron chi connectivity index (χ3n) is 4.31. The fraction of sp³-hybridized carbons (Fsp3) is 0.278. The number of hydrogen-bond donors (Lipinski definition) is 3. The Hall–Kier alpha value is -2.93. The second-order valence-electron chi connectivity index (χ2n) is 6.42. The minimum absolute atomic E-state index is 0.152. The van der Waals surface area contributed by atoms with E-state index in [1.165, 1.54) is 0 Å². The number of benzene rings is 1. The third-order valence-corrected chi connectivity index (χ3v) is 4.31. The van der Waals surface area contributed by atoms with E-state index in [-0.39, 0.29) is 12.5 Å². The number of aromatic nitrogens is 5. The first kappa shape index (κ1) is 15.6. The zero-order valence-electron chi connectivity index (χ0n) is 14.2. The number of nitrogens with zero attached hydrogens (tertiary/aromatic N) is 4. The summed E-state index contributed by atoms with van der Waals surface area (Å²) in [6.07, 6.45) is 0.745. The number of rotatable bonds is 5. The quantitative estimate of drug-likeness (QED) is 0.521. The molecule has 1 aromatic carbocycles. The molecule has 7 nitrogen and oxygen atoms in total. The van der Waals surface area contributed by atoms with Gasteiger partial charge in [-0.25, -0.2) is 4.52 Å². The average molecular weight is 336 g/mol. The van der Waals surface area contributed by atoms with Crippen molar-refractivity contribution in [3.8, 4) is 0 Å². The summed E-state index contributed by atoms with van der Waals surface area (Å²) in [6, 6.07) is 11.9. The van der Waals surface area contributed by atoms with E-state index in [0.29, 0.717) is 5.95 Å². The Kier molecular flexibility index (Phi) is 3.85. The van der Waals surface area contributed by atoms with Crippen LogP contribution in [-0.4, -0.2) is 36.5 Å². The van der Waals surface area contributed by atoms with Crippen LogP contribution in [0.4, 0.5) is 11.6 Å². The molecule has 0 saturated heterocycles. The SMILES string of the molecule is Cc1[nH]nc2cc(Nc3nc4cccc(C[C@H](C)CO)n4n3)ccc12. The van der Waals surface area contributed by atoms with Crippen molar-refractivity contribution < 1.29 is 5.11 Å². The zero-order chi connectivity index (χ0) is 17.4. The van der Waals surface area contributed by atoms with Crippen LogP contribution < -0.4 is 5.32 Å². The predicted octanol–water partition coefficient (Wildman–Crippen LogP) is 2.83. The van der Waals surface area contributed by atoms with Crippen LogP contribution in [0.2, 0.25) is 0 Å². The first-order valence-corrected chi connectivity index (χ1v) is 8.31. The van der Waals surface area contributed by atoms with Crippen molar-refractivity contribution >= 4 is 28.2 Å². The second kappa shape index (κ2) is 6.18. The lowest BCUT2D eigenvalue weighted by Gasteiger charge is -2.08. The molecular formula is C18H20N6O. The average Bonchev–Trinajstić information content (AvgIpc) is 3.18. The molecule has 3 aromatic heterocycles. The van der Waals surface area contributed by atoms with Crippen molar-refractivity contribution in [2.45, 2.75) is 20.3 Å². The first-order chi connectivity index (χ1) is 12.1. The van der Waals surface area contributed by atoms with Gasteiger partial charge in [-0.15, -0.1) is 5.10 Å². The Balaban J connectivity index is 1.65. The number of fused-ring (bicyclic) bond motifs is 2. The van der Waals surface area contributed by atoms with Gasteiger partial charge in [-0.3, -0.25) is 5.10 Å². The van der Waals surface area contributed by atoms with Crippen LogP contribution in [0.1, 0.15) is 18.3 Å². The van der Waals surface area contributed by atoms with Crippen LogP contribution in [0.3, 0.4) is 0 Å². The molecule has 4 rings (SSSR count). The Morgan fingerprint density at radius 3 is 3.00 bits per heavy atom. The lowest BCUT2D eigenvalue weighted by atomic mass is 10.1. The number of aryl methyl sites for hydroxylation is 1. The molecule has 0 radical (unpaired) electrons. The Morgan fingerprint density at radius 1 is 1.28 bits per heavy atom. The molecule has 25 heavy (non-hydrogen) atoms. The van der Waals surface area contributed by atoms with E-state index in [0.717, 1.165) is 40.0 Å². The maximum atomic E-state index is 9.29. The lowest BCUT2D eigenvalue weighted by Crippen LogP contribution is -2.08. The summed E-state index contributed by atoms with van der Waals surface area (Å²) in [5.74, 6) is 0.715. The molecule has 3 N–H and O–H groups in total. The molecule has 0 bridgehead atoms. The monoisotopic (exact) mass is 336 g/mol. The fourth-order valence-electron chi connectivity index (χ4n) is 2.94. The minimum atomic E-state index is 0.152. The van der Waals surface area contributed by atoms with Crippen LogP contribution in [0, 0.1) is 12.8 Å². The number of anilines is 2. The van der Waals surface area contributed by atoms with Gasteiger partial charge in [-0.1, -0.05) is 13.0 Å². The maximum absolute atomic E-state index is 9.29. The van der Waals surface area contributed by atoms with E-state index in [1.807, 2.05) is 54.8 Å². The molecule has 128 valence electrons. The largest absolute Gasteiger partial charge is 0.396 e. The Bertz CT molecular complexity index is 1030. The number of aliphatic hydroxyl groups is 1. The predicted molar refractivity (Wildman–Crippen MR) is 97.1 cm³/mol. The lowest BCUT2D eigenvalue weighted by molar-refractivity contribution is 0.236. The Labute approximate surface area is 144 Å². The number of aromatic amines is 1. The molecular weight excluding hydrogens is 316 g/mol. The minimum Gasteiger partial charge on any atom is -0.396 e. The van der Waals surface area contributed by atoms with Gasteiger partial charge in [-0.2, -0.15) is 10.1 Å². The molecule has 0 aliphatic heterocycles. The van der Waals surface area contributed by atoms with Gasteiger partial charge in [0.05, 0.1) is 5.52 Å². The number of nitrogens with one attached hydrogen (secondary N) is 2. The van der Waals surface area contributed by atoms with Gasteiger partial charge in [0.1, 0.15) is 0 Å². The van der Waals surface area contributed by atoms with E-state index >= 15 is 0 Å². The molecule has 0 saturated carbocycles. The molecule has 0 aliphatic carbocycles. The zero-order valence-corrected chi connectivity index (χ0v) is 14.2. The number of aliphatic hydroxyl groups excluding tert-OH is 1. The molecule has 0 spiro atoms. The molecule has 7 heteroatoms. The van der Waals surface area contributed by atoms with E-state index in [2.05, 4.69) is 25.6 Å². The Morgan fingerprint density at radius 2 is 2.16 bits per heavy atom. The standard InChI is InChI=1S/C18H20N6O/c1-11(10-25)8-14-4-3-5-17-20-18(23-24(14)17)19-13-6-7-15-12(2)21-22-16(15)9-13/h3-7,9,11,25H,8,10H2,1-2H3,(H,19,23)(H,21,22)/t11-/m0/s1. The summed E-state index contributed by atoms with van der Waals surface area (Å²) >= 11 is 0. The van der Waals surface area contributed by atoms with Crippen LogP contribution in [0.25, 0.3) is 16.6 Å². The number of pyridine rings is 1. The summed E-state index contributed by atoms with van der Waals surface area (Å²) < 4.78 is 1.83. The van der Waals surface area contributed by atoms with E-state index in [1.54, 1.807) is 0 Å².